The van der Waals surface area contributed by atoms with Crippen molar-refractivity contribution in [2.45, 2.75) is 6.92 Å². The number of hydrogen-bond acceptors (Lipinski definition) is 3. The highest BCUT2D eigenvalue weighted by Crippen LogP contribution is 2.33. The molecular formula is C22H17N5O. The van der Waals surface area contributed by atoms with E-state index in [1.807, 2.05) is 42.5 Å². The van der Waals surface area contributed by atoms with Gasteiger partial charge in [-0.05, 0) is 36.4 Å². The van der Waals surface area contributed by atoms with Gasteiger partial charge in [0.2, 0.25) is 5.91 Å². The van der Waals surface area contributed by atoms with Crippen LogP contribution < -0.4 is 5.32 Å². The fourth-order valence-electron chi connectivity index (χ4n) is 3.51. The normalized spacial score (nSPS) is 11.2. The maximum atomic E-state index is 11.2. The Hall–Kier alpha value is -3.93. The number of fused-ring (bicyclic) bond motifs is 2. The Balaban J connectivity index is 1.65. The van der Waals surface area contributed by atoms with Crippen molar-refractivity contribution in [3.63, 3.8) is 0 Å². The quantitative estimate of drug-likeness (QED) is 0.492. The first-order chi connectivity index (χ1) is 13.7. The van der Waals surface area contributed by atoms with Gasteiger partial charge in [-0.1, -0.05) is 18.2 Å². The molecule has 2 N–H and O–H groups in total. The van der Waals surface area contributed by atoms with Crippen LogP contribution in [-0.4, -0.2) is 25.4 Å². The van der Waals surface area contributed by atoms with Gasteiger partial charge < -0.3 is 14.9 Å². The van der Waals surface area contributed by atoms with E-state index < -0.39 is 0 Å². The van der Waals surface area contributed by atoms with Gasteiger partial charge >= 0.3 is 0 Å². The largest absolute Gasteiger partial charge is 0.338 e. The minimum absolute atomic E-state index is 0.0810. The highest BCUT2D eigenvalue weighted by Gasteiger charge is 2.14. The topological polar surface area (TPSA) is 75.6 Å². The highest BCUT2D eigenvalue weighted by molar-refractivity contribution is 5.98. The molecule has 136 valence electrons. The fourth-order valence-corrected chi connectivity index (χ4v) is 3.51. The maximum absolute atomic E-state index is 11.2. The zero-order valence-corrected chi connectivity index (χ0v) is 15.2. The number of H-pyrrole nitrogens is 1. The molecule has 0 aliphatic rings. The molecule has 3 aromatic heterocycles. The van der Waals surface area contributed by atoms with E-state index in [9.17, 15) is 4.79 Å². The van der Waals surface area contributed by atoms with Gasteiger partial charge in [0.25, 0.3) is 0 Å². The van der Waals surface area contributed by atoms with Gasteiger partial charge in [0, 0.05) is 47.8 Å². The zero-order valence-electron chi connectivity index (χ0n) is 15.2. The number of carbonyl (C=O) groups excluding carboxylic acids is 1. The zero-order chi connectivity index (χ0) is 19.1. The standard InChI is InChI=1S/C22H17N5O/c1-14(28)25-15-6-8-16(9-7-15)27-13-18(17-4-2-3-5-21(17)27)19-12-20-22(26-19)24-11-10-23-20/h2-13H,1H3,(H,24,26)(H,25,28). The summed E-state index contributed by atoms with van der Waals surface area (Å²) in [6.45, 7) is 1.50. The van der Waals surface area contributed by atoms with Crippen LogP contribution in [0.1, 0.15) is 6.92 Å². The molecule has 6 heteroatoms. The summed E-state index contributed by atoms with van der Waals surface area (Å²) < 4.78 is 2.15. The van der Waals surface area contributed by atoms with Crippen molar-refractivity contribution in [1.82, 2.24) is 19.5 Å². The second kappa shape index (κ2) is 6.35. The van der Waals surface area contributed by atoms with Crippen LogP contribution in [0.3, 0.4) is 0 Å². The van der Waals surface area contributed by atoms with Crippen LogP contribution in [0.2, 0.25) is 0 Å². The van der Waals surface area contributed by atoms with Crippen molar-refractivity contribution in [3.8, 4) is 16.9 Å². The summed E-state index contributed by atoms with van der Waals surface area (Å²) in [5.41, 5.74) is 6.57. The average Bonchev–Trinajstić information content (AvgIpc) is 3.29. The Labute approximate surface area is 160 Å². The number of nitrogens with zero attached hydrogens (tertiary/aromatic N) is 3. The third kappa shape index (κ3) is 2.72. The number of carbonyl (C=O) groups is 1. The molecule has 28 heavy (non-hydrogen) atoms. The predicted molar refractivity (Wildman–Crippen MR) is 110 cm³/mol. The number of aromatic amines is 1. The Kier molecular flexibility index (Phi) is 3.69. The molecular weight excluding hydrogens is 350 g/mol. The summed E-state index contributed by atoms with van der Waals surface area (Å²) in [5.74, 6) is -0.0810. The third-order valence-corrected chi connectivity index (χ3v) is 4.73. The van der Waals surface area contributed by atoms with Crippen molar-refractivity contribution >= 4 is 33.7 Å². The number of anilines is 1. The van der Waals surface area contributed by atoms with Crippen molar-refractivity contribution in [3.05, 3.63) is 73.2 Å². The second-order valence-electron chi connectivity index (χ2n) is 6.63. The van der Waals surface area contributed by atoms with Gasteiger partial charge in [-0.2, -0.15) is 0 Å². The Morgan fingerprint density at radius 3 is 2.61 bits per heavy atom. The Bertz CT molecular complexity index is 1280. The molecule has 0 unspecified atom stereocenters. The van der Waals surface area contributed by atoms with Gasteiger partial charge in [0.05, 0.1) is 11.2 Å². The molecule has 0 radical (unpaired) electrons. The lowest BCUT2D eigenvalue weighted by atomic mass is 10.1. The first-order valence-electron chi connectivity index (χ1n) is 8.97. The Morgan fingerprint density at radius 1 is 1.04 bits per heavy atom. The van der Waals surface area contributed by atoms with E-state index in [2.05, 4.69) is 43.2 Å². The minimum Gasteiger partial charge on any atom is -0.338 e. The summed E-state index contributed by atoms with van der Waals surface area (Å²) >= 11 is 0. The first kappa shape index (κ1) is 16.3. The van der Waals surface area contributed by atoms with Crippen molar-refractivity contribution < 1.29 is 4.79 Å². The lowest BCUT2D eigenvalue weighted by Gasteiger charge is -2.07. The molecule has 0 atom stereocenters. The van der Waals surface area contributed by atoms with E-state index in [0.29, 0.717) is 0 Å². The van der Waals surface area contributed by atoms with E-state index in [1.165, 1.54) is 6.92 Å². The molecule has 0 bridgehead atoms. The second-order valence-corrected chi connectivity index (χ2v) is 6.63. The molecule has 0 fully saturated rings. The van der Waals surface area contributed by atoms with Crippen LogP contribution in [0.15, 0.2) is 73.2 Å². The van der Waals surface area contributed by atoms with Crippen LogP contribution in [0, 0.1) is 0 Å². The smallest absolute Gasteiger partial charge is 0.221 e. The van der Waals surface area contributed by atoms with E-state index >= 15 is 0 Å². The van der Waals surface area contributed by atoms with Crippen molar-refractivity contribution in [2.24, 2.45) is 0 Å². The highest BCUT2D eigenvalue weighted by atomic mass is 16.1. The third-order valence-electron chi connectivity index (χ3n) is 4.73. The Morgan fingerprint density at radius 2 is 1.82 bits per heavy atom. The van der Waals surface area contributed by atoms with E-state index in [0.717, 1.165) is 44.7 Å². The number of rotatable bonds is 3. The number of aromatic nitrogens is 4. The molecule has 5 aromatic rings. The van der Waals surface area contributed by atoms with Gasteiger partial charge in [0.15, 0.2) is 5.65 Å². The number of para-hydroxylation sites is 1. The summed E-state index contributed by atoms with van der Waals surface area (Å²) in [6, 6.07) is 18.1. The molecule has 0 spiro atoms. The van der Waals surface area contributed by atoms with Crippen molar-refractivity contribution in [2.75, 3.05) is 5.32 Å². The number of amides is 1. The summed E-state index contributed by atoms with van der Waals surface area (Å²) in [4.78, 5) is 23.3. The first-order valence-corrected chi connectivity index (χ1v) is 8.97. The van der Waals surface area contributed by atoms with Crippen LogP contribution >= 0.6 is 0 Å². The van der Waals surface area contributed by atoms with Gasteiger partial charge in [0.1, 0.15) is 5.52 Å². The number of hydrogen-bond donors (Lipinski definition) is 2. The maximum Gasteiger partial charge on any atom is 0.221 e. The van der Waals surface area contributed by atoms with Crippen LogP contribution in [-0.2, 0) is 4.79 Å². The molecule has 5 rings (SSSR count). The average molecular weight is 367 g/mol. The van der Waals surface area contributed by atoms with E-state index in [-0.39, 0.29) is 5.91 Å². The molecule has 1 amide bonds. The minimum atomic E-state index is -0.0810. The van der Waals surface area contributed by atoms with Crippen LogP contribution in [0.5, 0.6) is 0 Å². The number of benzene rings is 2. The lowest BCUT2D eigenvalue weighted by molar-refractivity contribution is -0.114. The van der Waals surface area contributed by atoms with E-state index in [4.69, 9.17) is 0 Å². The molecule has 3 heterocycles. The predicted octanol–water partition coefficient (Wildman–Crippen LogP) is 4.53. The van der Waals surface area contributed by atoms with Crippen LogP contribution in [0.4, 0.5) is 5.69 Å². The molecule has 0 aliphatic carbocycles. The van der Waals surface area contributed by atoms with Crippen LogP contribution in [0.25, 0.3) is 39.0 Å². The molecule has 0 saturated heterocycles. The summed E-state index contributed by atoms with van der Waals surface area (Å²) in [6.07, 6.45) is 5.49. The molecule has 0 aliphatic heterocycles. The monoisotopic (exact) mass is 367 g/mol. The molecule has 6 nitrogen and oxygen atoms in total. The molecule has 0 saturated carbocycles. The van der Waals surface area contributed by atoms with E-state index in [1.54, 1.807) is 12.4 Å². The van der Waals surface area contributed by atoms with Gasteiger partial charge in [-0.25, -0.2) is 4.98 Å². The number of nitrogens with one attached hydrogen (secondary N) is 2. The SMILES string of the molecule is CC(=O)Nc1ccc(-n2cc(-c3cc4nccnc4[nH]3)c3ccccc32)cc1. The van der Waals surface area contributed by atoms with Gasteiger partial charge in [-0.3, -0.25) is 9.78 Å². The summed E-state index contributed by atoms with van der Waals surface area (Å²) in [7, 11) is 0. The lowest BCUT2D eigenvalue weighted by Crippen LogP contribution is -2.05. The van der Waals surface area contributed by atoms with Crippen molar-refractivity contribution in [1.29, 1.82) is 0 Å². The van der Waals surface area contributed by atoms with Gasteiger partial charge in [-0.15, -0.1) is 0 Å². The molecule has 2 aromatic carbocycles. The fraction of sp³-hybridized carbons (Fsp3) is 0.0455. The summed E-state index contributed by atoms with van der Waals surface area (Å²) in [5, 5.41) is 3.94.